The van der Waals surface area contributed by atoms with Gasteiger partial charge in [0.1, 0.15) is 23.1 Å². The van der Waals surface area contributed by atoms with Gasteiger partial charge in [0.2, 0.25) is 0 Å². The van der Waals surface area contributed by atoms with E-state index in [0.29, 0.717) is 17.0 Å². The number of methoxy groups -OCH3 is 1. The molecule has 2 N–H and O–H groups in total. The van der Waals surface area contributed by atoms with Crippen LogP contribution in [0.1, 0.15) is 63.8 Å². The number of carbonyl (C=O) groups excluding carboxylic acids is 1. The SMILES string of the molecule is COc1ccc(NC(=O)/C(C#N)=C/c2cc(C(C)(C)C)c(O)c(C(C)(C)C)c2)c(C)c1. The maximum absolute atomic E-state index is 12.8. The molecule has 0 bridgehead atoms. The summed E-state index contributed by atoms with van der Waals surface area (Å²) in [6, 6.07) is 11.0. The zero-order valence-electron chi connectivity index (χ0n) is 19.7. The molecule has 31 heavy (non-hydrogen) atoms. The Labute approximate surface area is 185 Å². The third-order valence-corrected chi connectivity index (χ3v) is 5.11. The minimum absolute atomic E-state index is 0.0133. The van der Waals surface area contributed by atoms with Gasteiger partial charge < -0.3 is 15.2 Å². The fourth-order valence-electron chi connectivity index (χ4n) is 3.29. The monoisotopic (exact) mass is 420 g/mol. The standard InChI is InChI=1S/C26H32N2O3/c1-16-11-19(31-8)9-10-22(16)28-24(30)18(15-27)12-17-13-20(25(2,3)4)23(29)21(14-17)26(5,6)7/h9-14,29H,1-8H3,(H,28,30)/b18-12+. The fourth-order valence-corrected chi connectivity index (χ4v) is 3.29. The van der Waals surface area contributed by atoms with Gasteiger partial charge in [0.15, 0.2) is 0 Å². The van der Waals surface area contributed by atoms with E-state index in [4.69, 9.17) is 4.74 Å². The first kappa shape index (κ1) is 24.0. The Morgan fingerprint density at radius 3 is 2.03 bits per heavy atom. The Balaban J connectivity index is 2.50. The molecular weight excluding hydrogens is 388 g/mol. The van der Waals surface area contributed by atoms with Crippen LogP contribution in [0.4, 0.5) is 5.69 Å². The predicted molar refractivity (Wildman–Crippen MR) is 125 cm³/mol. The maximum Gasteiger partial charge on any atom is 0.266 e. The van der Waals surface area contributed by atoms with Crippen LogP contribution >= 0.6 is 0 Å². The number of phenolic OH excluding ortho intramolecular Hbond substituents is 1. The Hall–Kier alpha value is -3.26. The van der Waals surface area contributed by atoms with Gasteiger partial charge in [-0.1, -0.05) is 41.5 Å². The molecule has 0 spiro atoms. The van der Waals surface area contributed by atoms with Crippen LogP contribution in [0.2, 0.25) is 0 Å². The minimum Gasteiger partial charge on any atom is -0.507 e. The molecule has 0 aliphatic carbocycles. The number of ether oxygens (including phenoxy) is 1. The number of rotatable bonds is 4. The minimum atomic E-state index is -0.488. The van der Waals surface area contributed by atoms with Crippen LogP contribution in [-0.2, 0) is 15.6 Å². The molecule has 0 aromatic heterocycles. The first-order valence-corrected chi connectivity index (χ1v) is 10.2. The number of benzene rings is 2. The highest BCUT2D eigenvalue weighted by Crippen LogP contribution is 2.40. The Morgan fingerprint density at radius 2 is 1.61 bits per heavy atom. The summed E-state index contributed by atoms with van der Waals surface area (Å²) in [5.41, 5.74) is 3.08. The Kier molecular flexibility index (Phi) is 6.86. The molecule has 0 atom stereocenters. The van der Waals surface area contributed by atoms with Crippen molar-refractivity contribution in [3.63, 3.8) is 0 Å². The summed E-state index contributed by atoms with van der Waals surface area (Å²) >= 11 is 0. The molecule has 164 valence electrons. The van der Waals surface area contributed by atoms with E-state index >= 15 is 0 Å². The van der Waals surface area contributed by atoms with E-state index in [1.54, 1.807) is 25.3 Å². The van der Waals surface area contributed by atoms with Gasteiger partial charge in [-0.3, -0.25) is 4.79 Å². The maximum atomic E-state index is 12.8. The van der Waals surface area contributed by atoms with Gasteiger partial charge in [-0.2, -0.15) is 5.26 Å². The molecule has 0 saturated heterocycles. The van der Waals surface area contributed by atoms with Crippen LogP contribution in [0.15, 0.2) is 35.9 Å². The number of phenols is 1. The normalized spacial score (nSPS) is 12.3. The van der Waals surface area contributed by atoms with Crippen molar-refractivity contribution in [2.75, 3.05) is 12.4 Å². The van der Waals surface area contributed by atoms with Crippen molar-refractivity contribution in [2.45, 2.75) is 59.3 Å². The highest BCUT2D eigenvalue weighted by molar-refractivity contribution is 6.10. The third-order valence-electron chi connectivity index (χ3n) is 5.11. The first-order chi connectivity index (χ1) is 14.3. The lowest BCUT2D eigenvalue weighted by Gasteiger charge is -2.28. The summed E-state index contributed by atoms with van der Waals surface area (Å²) in [5.74, 6) is 0.465. The highest BCUT2D eigenvalue weighted by Gasteiger charge is 2.26. The smallest absolute Gasteiger partial charge is 0.266 e. The molecule has 0 radical (unpaired) electrons. The molecule has 0 unspecified atom stereocenters. The van der Waals surface area contributed by atoms with Crippen LogP contribution in [0.3, 0.4) is 0 Å². The van der Waals surface area contributed by atoms with Crippen molar-refractivity contribution in [2.24, 2.45) is 0 Å². The van der Waals surface area contributed by atoms with Crippen molar-refractivity contribution in [1.82, 2.24) is 0 Å². The number of carbonyl (C=O) groups is 1. The Morgan fingerprint density at radius 1 is 1.06 bits per heavy atom. The van der Waals surface area contributed by atoms with E-state index in [9.17, 15) is 15.2 Å². The molecule has 5 nitrogen and oxygen atoms in total. The average molecular weight is 421 g/mol. The van der Waals surface area contributed by atoms with E-state index in [0.717, 1.165) is 16.7 Å². The van der Waals surface area contributed by atoms with Crippen LogP contribution in [0.5, 0.6) is 11.5 Å². The summed E-state index contributed by atoms with van der Waals surface area (Å²) in [5, 5.41) is 23.3. The van der Waals surface area contributed by atoms with E-state index in [2.05, 4.69) is 5.32 Å². The van der Waals surface area contributed by atoms with Gasteiger partial charge in [0.05, 0.1) is 7.11 Å². The lowest BCUT2D eigenvalue weighted by atomic mass is 9.78. The molecule has 2 rings (SSSR count). The number of aryl methyl sites for hydroxylation is 1. The number of nitriles is 1. The van der Waals surface area contributed by atoms with Gasteiger partial charge >= 0.3 is 0 Å². The molecule has 0 saturated carbocycles. The summed E-state index contributed by atoms with van der Waals surface area (Å²) in [6.07, 6.45) is 1.57. The summed E-state index contributed by atoms with van der Waals surface area (Å²) in [6.45, 7) is 14.0. The fraction of sp³-hybridized carbons (Fsp3) is 0.385. The van der Waals surface area contributed by atoms with E-state index in [1.807, 2.05) is 72.7 Å². The first-order valence-electron chi connectivity index (χ1n) is 10.2. The van der Waals surface area contributed by atoms with E-state index in [1.165, 1.54) is 0 Å². The van der Waals surface area contributed by atoms with Gasteiger partial charge in [0.25, 0.3) is 5.91 Å². The molecule has 0 heterocycles. The Bertz CT molecular complexity index is 1030. The number of amides is 1. The number of nitrogens with one attached hydrogen (secondary N) is 1. The second-order valence-corrected chi connectivity index (χ2v) is 9.77. The molecular formula is C26H32N2O3. The zero-order valence-corrected chi connectivity index (χ0v) is 19.7. The van der Waals surface area contributed by atoms with Gasteiger partial charge in [-0.15, -0.1) is 0 Å². The quantitative estimate of drug-likeness (QED) is 0.480. The van der Waals surface area contributed by atoms with Crippen molar-refractivity contribution < 1.29 is 14.6 Å². The second kappa shape index (κ2) is 8.85. The lowest BCUT2D eigenvalue weighted by molar-refractivity contribution is -0.112. The van der Waals surface area contributed by atoms with Crippen molar-refractivity contribution >= 4 is 17.7 Å². The predicted octanol–water partition coefficient (Wildman–Crippen LogP) is 5.85. The average Bonchev–Trinajstić information content (AvgIpc) is 2.66. The van der Waals surface area contributed by atoms with Crippen molar-refractivity contribution in [1.29, 1.82) is 5.26 Å². The molecule has 0 fully saturated rings. The van der Waals surface area contributed by atoms with E-state index in [-0.39, 0.29) is 22.2 Å². The third kappa shape index (κ3) is 5.67. The number of hydrogen-bond donors (Lipinski definition) is 2. The lowest BCUT2D eigenvalue weighted by Crippen LogP contribution is -2.18. The van der Waals surface area contributed by atoms with Crippen LogP contribution in [-0.4, -0.2) is 18.1 Å². The van der Waals surface area contributed by atoms with Gasteiger partial charge in [-0.05, 0) is 65.3 Å². The molecule has 0 aliphatic rings. The summed E-state index contributed by atoms with van der Waals surface area (Å²) in [4.78, 5) is 12.8. The molecule has 2 aromatic carbocycles. The number of hydrogen-bond acceptors (Lipinski definition) is 4. The zero-order chi connectivity index (χ0) is 23.6. The number of anilines is 1. The van der Waals surface area contributed by atoms with Crippen molar-refractivity contribution in [3.8, 4) is 17.6 Å². The van der Waals surface area contributed by atoms with Gasteiger partial charge in [-0.25, -0.2) is 0 Å². The summed E-state index contributed by atoms with van der Waals surface area (Å²) < 4.78 is 5.19. The van der Waals surface area contributed by atoms with E-state index < -0.39 is 5.91 Å². The number of aromatic hydroxyl groups is 1. The number of nitrogens with zero attached hydrogens (tertiary/aromatic N) is 1. The molecule has 1 amide bonds. The van der Waals surface area contributed by atoms with Crippen LogP contribution in [0, 0.1) is 18.3 Å². The van der Waals surface area contributed by atoms with Crippen molar-refractivity contribution in [3.05, 3.63) is 58.2 Å². The molecule has 0 aliphatic heterocycles. The van der Waals surface area contributed by atoms with Crippen LogP contribution < -0.4 is 10.1 Å². The van der Waals surface area contributed by atoms with Gasteiger partial charge in [0, 0.05) is 16.8 Å². The van der Waals surface area contributed by atoms with Crippen LogP contribution in [0.25, 0.3) is 6.08 Å². The molecule has 2 aromatic rings. The largest absolute Gasteiger partial charge is 0.507 e. The molecule has 5 heteroatoms. The highest BCUT2D eigenvalue weighted by atomic mass is 16.5. The second-order valence-electron chi connectivity index (χ2n) is 9.77. The topological polar surface area (TPSA) is 82.3 Å². The summed E-state index contributed by atoms with van der Waals surface area (Å²) in [7, 11) is 1.58.